The summed E-state index contributed by atoms with van der Waals surface area (Å²) in [6, 6.07) is 5.22. The highest BCUT2D eigenvalue weighted by Gasteiger charge is 2.52. The smallest absolute Gasteiger partial charge is 0.264 e. The number of fused-ring (bicyclic) bond motifs is 1. The number of ether oxygens (including phenoxy) is 1. The molecule has 0 spiro atoms. The number of amides is 2. The first-order valence-corrected chi connectivity index (χ1v) is 13.2. The van der Waals surface area contributed by atoms with E-state index in [1.807, 2.05) is 12.1 Å². The Kier molecular flexibility index (Phi) is 9.74. The topological polar surface area (TPSA) is 90.3 Å². The summed E-state index contributed by atoms with van der Waals surface area (Å²) in [4.78, 5) is 29.7. The zero-order valence-corrected chi connectivity index (χ0v) is 22.9. The number of methoxy groups -OCH3 is 1. The second-order valence-electron chi connectivity index (χ2n) is 10.4. The van der Waals surface area contributed by atoms with Crippen molar-refractivity contribution in [3.63, 3.8) is 0 Å². The third-order valence-corrected chi connectivity index (χ3v) is 7.47. The molecule has 0 aliphatic carbocycles. The molecular formula is C30H42N2O5. The Morgan fingerprint density at radius 2 is 2.03 bits per heavy atom. The molecule has 0 unspecified atom stereocenters. The van der Waals surface area contributed by atoms with Crippen LogP contribution in [0.2, 0.25) is 0 Å². The fourth-order valence-electron chi connectivity index (χ4n) is 5.16. The number of carbonyl (C=O) groups excluding carboxylic acids is 2. The van der Waals surface area contributed by atoms with Crippen molar-refractivity contribution >= 4 is 17.5 Å². The maximum absolute atomic E-state index is 13.7. The normalized spacial score (nSPS) is 22.5. The molecule has 3 rings (SSSR count). The minimum atomic E-state index is -1.77. The van der Waals surface area contributed by atoms with E-state index in [1.54, 1.807) is 48.1 Å². The van der Waals surface area contributed by atoms with E-state index in [0.717, 1.165) is 25.7 Å². The van der Waals surface area contributed by atoms with Gasteiger partial charge in [0.1, 0.15) is 5.75 Å². The van der Waals surface area contributed by atoms with E-state index in [9.17, 15) is 19.8 Å². The van der Waals surface area contributed by atoms with Gasteiger partial charge >= 0.3 is 0 Å². The maximum Gasteiger partial charge on any atom is 0.264 e. The van der Waals surface area contributed by atoms with Crippen molar-refractivity contribution in [1.82, 2.24) is 4.90 Å². The van der Waals surface area contributed by atoms with Crippen molar-refractivity contribution in [3.05, 3.63) is 59.2 Å². The number of likely N-dealkylation sites (tertiary alicyclic amines) is 1. The van der Waals surface area contributed by atoms with Crippen molar-refractivity contribution in [2.45, 2.75) is 71.4 Å². The summed E-state index contributed by atoms with van der Waals surface area (Å²) < 4.78 is 5.39. The number of hydrogen-bond acceptors (Lipinski definition) is 5. The van der Waals surface area contributed by atoms with Crippen LogP contribution in [0.1, 0.15) is 65.4 Å². The first-order chi connectivity index (χ1) is 17.6. The third-order valence-electron chi connectivity index (χ3n) is 7.47. The Morgan fingerprint density at radius 3 is 2.70 bits per heavy atom. The predicted molar refractivity (Wildman–Crippen MR) is 146 cm³/mol. The quantitative estimate of drug-likeness (QED) is 0.428. The van der Waals surface area contributed by atoms with E-state index in [1.165, 1.54) is 11.1 Å². The van der Waals surface area contributed by atoms with Crippen molar-refractivity contribution in [2.75, 3.05) is 31.7 Å². The van der Waals surface area contributed by atoms with Gasteiger partial charge in [0.15, 0.2) is 5.60 Å². The summed E-state index contributed by atoms with van der Waals surface area (Å²) in [5, 5.41) is 21.3. The highest BCUT2D eigenvalue weighted by atomic mass is 16.5. The summed E-state index contributed by atoms with van der Waals surface area (Å²) in [6.07, 6.45) is 11.4. The number of aliphatic hydroxyl groups is 2. The zero-order chi connectivity index (χ0) is 27.2. The van der Waals surface area contributed by atoms with E-state index in [2.05, 4.69) is 26.8 Å². The molecule has 1 aromatic rings. The Morgan fingerprint density at radius 1 is 1.27 bits per heavy atom. The number of allylic oxidation sites excluding steroid dienone is 3. The van der Waals surface area contributed by atoms with Crippen molar-refractivity contribution in [2.24, 2.45) is 5.92 Å². The summed E-state index contributed by atoms with van der Waals surface area (Å²) in [5.41, 5.74) is 1.88. The van der Waals surface area contributed by atoms with Crippen molar-refractivity contribution in [1.29, 1.82) is 0 Å². The minimum Gasteiger partial charge on any atom is -0.497 e. The van der Waals surface area contributed by atoms with Crippen LogP contribution in [0.25, 0.3) is 0 Å². The lowest BCUT2D eigenvalue weighted by atomic mass is 9.83. The molecule has 2 aliphatic rings. The van der Waals surface area contributed by atoms with Crippen molar-refractivity contribution in [3.8, 4) is 5.75 Å². The van der Waals surface area contributed by atoms with Crippen LogP contribution in [0.5, 0.6) is 5.75 Å². The number of aliphatic hydroxyl groups excluding tert-OH is 1. The van der Waals surface area contributed by atoms with Gasteiger partial charge in [-0.3, -0.25) is 9.59 Å². The van der Waals surface area contributed by atoms with Gasteiger partial charge in [-0.2, -0.15) is 0 Å². The second kappa shape index (κ2) is 12.6. The molecule has 2 N–H and O–H groups in total. The fourth-order valence-corrected chi connectivity index (χ4v) is 5.16. The molecule has 2 aliphatic heterocycles. The van der Waals surface area contributed by atoms with Gasteiger partial charge in [0.25, 0.3) is 5.91 Å². The van der Waals surface area contributed by atoms with Crippen LogP contribution >= 0.6 is 0 Å². The van der Waals surface area contributed by atoms with Crippen molar-refractivity contribution < 1.29 is 24.5 Å². The fraction of sp³-hybridized carbons (Fsp3) is 0.533. The summed E-state index contributed by atoms with van der Waals surface area (Å²) in [5.74, 6) is -0.441. The summed E-state index contributed by atoms with van der Waals surface area (Å²) in [6.45, 7) is 9.00. The SMILES string of the molecule is COc1ccc2c(c1)[C@@](O)([C@H](C)/C=C/CC(=O)N1CCC[C@H]1CO)C(=O)N2C/C=C(\C)CCC=C(C)C. The zero-order valence-electron chi connectivity index (χ0n) is 22.9. The highest BCUT2D eigenvalue weighted by molar-refractivity contribution is 6.07. The van der Waals surface area contributed by atoms with Gasteiger partial charge < -0.3 is 24.7 Å². The number of rotatable bonds is 11. The van der Waals surface area contributed by atoms with E-state index in [0.29, 0.717) is 30.1 Å². The molecular weight excluding hydrogens is 468 g/mol. The highest BCUT2D eigenvalue weighted by Crippen LogP contribution is 2.46. The molecule has 3 atom stereocenters. The molecule has 2 heterocycles. The molecule has 0 saturated carbocycles. The second-order valence-corrected chi connectivity index (χ2v) is 10.4. The van der Waals surface area contributed by atoms with Gasteiger partial charge in [-0.1, -0.05) is 42.4 Å². The Hall–Kier alpha value is -2.90. The Bertz CT molecular complexity index is 1070. The van der Waals surface area contributed by atoms with E-state index in [4.69, 9.17) is 4.74 Å². The first kappa shape index (κ1) is 28.7. The lowest BCUT2D eigenvalue weighted by molar-refractivity contribution is -0.139. The largest absolute Gasteiger partial charge is 0.497 e. The van der Waals surface area contributed by atoms with Crippen LogP contribution in [-0.4, -0.2) is 59.8 Å². The molecule has 7 nitrogen and oxygen atoms in total. The molecule has 37 heavy (non-hydrogen) atoms. The molecule has 202 valence electrons. The summed E-state index contributed by atoms with van der Waals surface area (Å²) >= 11 is 0. The van der Waals surface area contributed by atoms with Crippen LogP contribution in [0, 0.1) is 5.92 Å². The lowest BCUT2D eigenvalue weighted by Gasteiger charge is -2.27. The molecule has 0 aromatic heterocycles. The van der Waals surface area contributed by atoms with Gasteiger partial charge in [-0.25, -0.2) is 0 Å². The Labute approximate surface area is 221 Å². The molecule has 1 fully saturated rings. The van der Waals surface area contributed by atoms with E-state index in [-0.39, 0.29) is 30.9 Å². The van der Waals surface area contributed by atoms with E-state index >= 15 is 0 Å². The van der Waals surface area contributed by atoms with Gasteiger partial charge in [0.2, 0.25) is 5.91 Å². The number of anilines is 1. The molecule has 0 bridgehead atoms. The molecule has 1 saturated heterocycles. The first-order valence-electron chi connectivity index (χ1n) is 13.2. The van der Waals surface area contributed by atoms with Gasteiger partial charge in [0.05, 0.1) is 25.4 Å². The number of carbonyl (C=O) groups is 2. The van der Waals surface area contributed by atoms with Gasteiger partial charge in [0, 0.05) is 31.0 Å². The third kappa shape index (κ3) is 6.33. The van der Waals surface area contributed by atoms with Crippen LogP contribution in [0.4, 0.5) is 5.69 Å². The monoisotopic (exact) mass is 510 g/mol. The van der Waals surface area contributed by atoms with Gasteiger partial charge in [-0.05, 0) is 64.7 Å². The Balaban J connectivity index is 1.79. The number of hydrogen-bond donors (Lipinski definition) is 2. The van der Waals surface area contributed by atoms with E-state index < -0.39 is 11.5 Å². The van der Waals surface area contributed by atoms with Crippen LogP contribution in [0.3, 0.4) is 0 Å². The van der Waals surface area contributed by atoms with Crippen LogP contribution in [-0.2, 0) is 15.2 Å². The minimum absolute atomic E-state index is 0.0303. The molecule has 7 heteroatoms. The average molecular weight is 511 g/mol. The average Bonchev–Trinajstić information content (AvgIpc) is 3.44. The molecule has 1 aromatic carbocycles. The standard InChI is InChI=1S/C30H42N2O5/c1-21(2)9-6-10-22(3)16-18-32-27-15-14-25(37-5)19-26(27)30(36,29(32)35)23(4)11-7-13-28(34)31-17-8-12-24(31)20-33/h7,9,11,14-16,19,23-24,33,36H,6,8,10,12-13,17-18,20H2,1-5H3/b11-7+,22-16+/t23-,24+,30+/m1/s1. The molecule has 0 radical (unpaired) electrons. The lowest BCUT2D eigenvalue weighted by Crippen LogP contribution is -2.44. The molecule has 2 amide bonds. The maximum atomic E-state index is 13.7. The predicted octanol–water partition coefficient (Wildman–Crippen LogP) is 4.49. The van der Waals surface area contributed by atoms with Crippen LogP contribution in [0.15, 0.2) is 53.6 Å². The number of benzene rings is 1. The summed E-state index contributed by atoms with van der Waals surface area (Å²) in [7, 11) is 1.56. The number of nitrogens with zero attached hydrogens (tertiary/aromatic N) is 2. The van der Waals surface area contributed by atoms with Crippen LogP contribution < -0.4 is 9.64 Å². The van der Waals surface area contributed by atoms with Gasteiger partial charge in [-0.15, -0.1) is 0 Å².